The highest BCUT2D eigenvalue weighted by Gasteiger charge is 2.09. The van der Waals surface area contributed by atoms with Crippen LogP contribution >= 0.6 is 0 Å². The smallest absolute Gasteiger partial charge is 0.258 e. The van der Waals surface area contributed by atoms with Gasteiger partial charge in [0.25, 0.3) is 5.91 Å². The first-order chi connectivity index (χ1) is 12.9. The second-order valence-electron chi connectivity index (χ2n) is 6.58. The van der Waals surface area contributed by atoms with Crippen LogP contribution in [0, 0.1) is 13.8 Å². The third-order valence-electron chi connectivity index (χ3n) is 4.27. The third kappa shape index (κ3) is 4.41. The first-order valence-corrected chi connectivity index (χ1v) is 8.68. The maximum atomic E-state index is 12.4. The van der Waals surface area contributed by atoms with E-state index in [0.717, 1.165) is 28.2 Å². The highest BCUT2D eigenvalue weighted by molar-refractivity contribution is 6.04. The Kier molecular flexibility index (Phi) is 5.35. The number of carbonyl (C=O) groups is 1. The van der Waals surface area contributed by atoms with E-state index < -0.39 is 0 Å². The molecule has 6 heteroatoms. The first-order valence-electron chi connectivity index (χ1n) is 8.68. The number of hydrogen-bond donors (Lipinski definition) is 2. The summed E-state index contributed by atoms with van der Waals surface area (Å²) in [4.78, 5) is 22.9. The molecule has 3 rings (SSSR count). The molecule has 0 bridgehead atoms. The molecule has 0 saturated heterocycles. The van der Waals surface area contributed by atoms with Crippen molar-refractivity contribution in [1.82, 2.24) is 9.97 Å². The Hall–Kier alpha value is -3.41. The number of para-hydroxylation sites is 1. The van der Waals surface area contributed by atoms with Gasteiger partial charge >= 0.3 is 0 Å². The third-order valence-corrected chi connectivity index (χ3v) is 4.27. The fourth-order valence-corrected chi connectivity index (χ4v) is 2.68. The predicted octanol–water partition coefficient (Wildman–Crippen LogP) is 4.16. The molecule has 27 heavy (non-hydrogen) atoms. The summed E-state index contributed by atoms with van der Waals surface area (Å²) < 4.78 is 0. The first kappa shape index (κ1) is 18.4. The van der Waals surface area contributed by atoms with Gasteiger partial charge in [-0.05, 0) is 49.2 Å². The van der Waals surface area contributed by atoms with Gasteiger partial charge in [-0.25, -0.2) is 9.97 Å². The van der Waals surface area contributed by atoms with Crippen molar-refractivity contribution >= 4 is 28.9 Å². The lowest BCUT2D eigenvalue weighted by molar-refractivity contribution is 0.102. The summed E-state index contributed by atoms with van der Waals surface area (Å²) in [6, 6.07) is 13.7. The van der Waals surface area contributed by atoms with Crippen LogP contribution in [0.25, 0.3) is 0 Å². The molecule has 0 aliphatic carbocycles. The molecule has 6 nitrogen and oxygen atoms in total. The topological polar surface area (TPSA) is 70.2 Å². The van der Waals surface area contributed by atoms with Gasteiger partial charge in [-0.15, -0.1) is 0 Å². The fourth-order valence-electron chi connectivity index (χ4n) is 2.68. The van der Waals surface area contributed by atoms with E-state index in [1.165, 1.54) is 12.4 Å². The molecule has 3 aromatic rings. The van der Waals surface area contributed by atoms with Gasteiger partial charge in [0.2, 0.25) is 5.95 Å². The molecule has 0 atom stereocenters. The largest absolute Gasteiger partial charge is 0.378 e. The van der Waals surface area contributed by atoms with E-state index in [-0.39, 0.29) is 5.91 Å². The van der Waals surface area contributed by atoms with Crippen LogP contribution in [0.1, 0.15) is 21.5 Å². The highest BCUT2D eigenvalue weighted by atomic mass is 16.1. The number of nitrogens with one attached hydrogen (secondary N) is 2. The zero-order chi connectivity index (χ0) is 19.4. The average Bonchev–Trinajstić information content (AvgIpc) is 2.66. The van der Waals surface area contributed by atoms with Gasteiger partial charge in [0.15, 0.2) is 0 Å². The van der Waals surface area contributed by atoms with Gasteiger partial charge in [-0.1, -0.05) is 18.2 Å². The van der Waals surface area contributed by atoms with Gasteiger partial charge in [0, 0.05) is 43.6 Å². The number of anilines is 4. The van der Waals surface area contributed by atoms with E-state index in [9.17, 15) is 4.79 Å². The minimum Gasteiger partial charge on any atom is -0.378 e. The standard InChI is InChI=1S/C21H23N5O/c1-14-6-5-7-15(2)19(14)25-21-22-12-16(13-23-21)20(27)24-17-8-10-18(11-9-17)26(3)4/h5-13H,1-4H3,(H,24,27)(H,22,23,25). The summed E-state index contributed by atoms with van der Waals surface area (Å²) in [5.41, 5.74) is 5.40. The molecule has 0 aliphatic rings. The number of aromatic nitrogens is 2. The highest BCUT2D eigenvalue weighted by Crippen LogP contribution is 2.22. The van der Waals surface area contributed by atoms with Crippen molar-refractivity contribution in [3.8, 4) is 0 Å². The summed E-state index contributed by atoms with van der Waals surface area (Å²) in [5, 5.41) is 6.07. The number of rotatable bonds is 5. The van der Waals surface area contributed by atoms with Crippen LogP contribution in [0.4, 0.5) is 23.0 Å². The molecule has 1 amide bonds. The zero-order valence-electron chi connectivity index (χ0n) is 15.9. The molecule has 0 radical (unpaired) electrons. The lowest BCUT2D eigenvalue weighted by Gasteiger charge is -2.13. The summed E-state index contributed by atoms with van der Waals surface area (Å²) >= 11 is 0. The molecule has 138 valence electrons. The molecular formula is C21H23N5O. The van der Waals surface area contributed by atoms with E-state index in [1.54, 1.807) is 0 Å². The Bertz CT molecular complexity index is 914. The van der Waals surface area contributed by atoms with E-state index in [4.69, 9.17) is 0 Å². The van der Waals surface area contributed by atoms with E-state index >= 15 is 0 Å². The Morgan fingerprint density at radius 1 is 0.926 bits per heavy atom. The molecule has 0 spiro atoms. The van der Waals surface area contributed by atoms with Gasteiger partial charge in [0.05, 0.1) is 5.56 Å². The maximum Gasteiger partial charge on any atom is 0.258 e. The number of amides is 1. The Labute approximate surface area is 159 Å². The van der Waals surface area contributed by atoms with Crippen LogP contribution in [0.2, 0.25) is 0 Å². The number of hydrogen-bond acceptors (Lipinski definition) is 5. The summed E-state index contributed by atoms with van der Waals surface area (Å²) in [7, 11) is 3.94. The molecule has 0 aliphatic heterocycles. The normalized spacial score (nSPS) is 10.4. The number of nitrogens with zero attached hydrogens (tertiary/aromatic N) is 3. The van der Waals surface area contributed by atoms with Crippen LogP contribution in [-0.2, 0) is 0 Å². The average molecular weight is 361 g/mol. The molecule has 1 heterocycles. The van der Waals surface area contributed by atoms with Crippen LogP contribution < -0.4 is 15.5 Å². The van der Waals surface area contributed by atoms with Crippen molar-refractivity contribution < 1.29 is 4.79 Å². The predicted molar refractivity (Wildman–Crippen MR) is 110 cm³/mol. The molecule has 2 aromatic carbocycles. The molecule has 2 N–H and O–H groups in total. The molecular weight excluding hydrogens is 338 g/mol. The summed E-state index contributed by atoms with van der Waals surface area (Å²) in [5.74, 6) is 0.213. The molecule has 1 aromatic heterocycles. The summed E-state index contributed by atoms with van der Waals surface area (Å²) in [6.07, 6.45) is 3.04. The SMILES string of the molecule is Cc1cccc(C)c1Nc1ncc(C(=O)Nc2ccc(N(C)C)cc2)cn1. The van der Waals surface area contributed by atoms with Crippen molar-refractivity contribution in [2.24, 2.45) is 0 Å². The quantitative estimate of drug-likeness (QED) is 0.714. The Morgan fingerprint density at radius 3 is 2.07 bits per heavy atom. The lowest BCUT2D eigenvalue weighted by Crippen LogP contribution is -2.13. The monoisotopic (exact) mass is 361 g/mol. The maximum absolute atomic E-state index is 12.4. The fraction of sp³-hybridized carbons (Fsp3) is 0.190. The van der Waals surface area contributed by atoms with Crippen LogP contribution in [0.3, 0.4) is 0 Å². The number of benzene rings is 2. The second-order valence-corrected chi connectivity index (χ2v) is 6.58. The lowest BCUT2D eigenvalue weighted by atomic mass is 10.1. The summed E-state index contributed by atoms with van der Waals surface area (Å²) in [6.45, 7) is 4.05. The van der Waals surface area contributed by atoms with Crippen molar-refractivity contribution in [2.75, 3.05) is 29.6 Å². The van der Waals surface area contributed by atoms with Crippen LogP contribution in [0.5, 0.6) is 0 Å². The molecule has 0 fully saturated rings. The van der Waals surface area contributed by atoms with Gasteiger partial charge in [0.1, 0.15) is 0 Å². The van der Waals surface area contributed by atoms with Gasteiger partial charge < -0.3 is 15.5 Å². The molecule has 0 saturated carbocycles. The van der Waals surface area contributed by atoms with E-state index in [2.05, 4.69) is 20.6 Å². The van der Waals surface area contributed by atoms with Gasteiger partial charge in [-0.3, -0.25) is 4.79 Å². The van der Waals surface area contributed by atoms with Crippen LogP contribution in [-0.4, -0.2) is 30.0 Å². The van der Waals surface area contributed by atoms with Crippen molar-refractivity contribution in [3.05, 3.63) is 71.5 Å². The Balaban J connectivity index is 1.68. The van der Waals surface area contributed by atoms with E-state index in [0.29, 0.717) is 11.5 Å². The minimum atomic E-state index is -0.244. The van der Waals surface area contributed by atoms with Crippen molar-refractivity contribution in [1.29, 1.82) is 0 Å². The number of aryl methyl sites for hydroxylation is 2. The van der Waals surface area contributed by atoms with Crippen LogP contribution in [0.15, 0.2) is 54.9 Å². The number of carbonyl (C=O) groups excluding carboxylic acids is 1. The Morgan fingerprint density at radius 2 is 1.52 bits per heavy atom. The molecule has 0 unspecified atom stereocenters. The minimum absolute atomic E-state index is 0.244. The van der Waals surface area contributed by atoms with E-state index in [1.807, 2.05) is 75.3 Å². The zero-order valence-corrected chi connectivity index (χ0v) is 15.9. The van der Waals surface area contributed by atoms with Crippen molar-refractivity contribution in [3.63, 3.8) is 0 Å². The van der Waals surface area contributed by atoms with Crippen molar-refractivity contribution in [2.45, 2.75) is 13.8 Å². The van der Waals surface area contributed by atoms with Gasteiger partial charge in [-0.2, -0.15) is 0 Å². The second kappa shape index (κ2) is 7.86.